The van der Waals surface area contributed by atoms with E-state index in [2.05, 4.69) is 0 Å². The fourth-order valence-corrected chi connectivity index (χ4v) is 1.07. The van der Waals surface area contributed by atoms with Crippen LogP contribution in [0.3, 0.4) is 0 Å². The van der Waals surface area contributed by atoms with Crippen molar-refractivity contribution in [1.82, 2.24) is 0 Å². The van der Waals surface area contributed by atoms with Gasteiger partial charge in [-0.05, 0) is 29.7 Å². The van der Waals surface area contributed by atoms with E-state index in [4.69, 9.17) is 5.73 Å². The molecule has 2 N–H and O–H groups in total. The molecule has 0 spiro atoms. The molecular weight excluding hydrogens is 227 g/mol. The molecule has 0 heterocycles. The Morgan fingerprint density at radius 2 is 1.93 bits per heavy atom. The highest BCUT2D eigenvalue weighted by atomic mass is 35.5. The van der Waals surface area contributed by atoms with Crippen LogP contribution in [0.1, 0.15) is 5.56 Å². The van der Waals surface area contributed by atoms with Crippen molar-refractivity contribution in [1.29, 1.82) is 0 Å². The zero-order chi connectivity index (χ0) is 10.6. The second-order valence-electron chi connectivity index (χ2n) is 2.90. The SMILES string of the molecule is Cl.NC/C(=C\F)Cc1ccc(F)c(F)c1. The molecule has 1 aromatic carbocycles. The first kappa shape index (κ1) is 14.0. The third-order valence-corrected chi connectivity index (χ3v) is 1.83. The van der Waals surface area contributed by atoms with Gasteiger partial charge in [0.15, 0.2) is 11.6 Å². The standard InChI is InChI=1S/C10H10F3N.ClH/c11-5-8(6-14)3-7-1-2-9(12)10(13)4-7;/h1-2,4-5H,3,6,14H2;1H/b8-5-;. The quantitative estimate of drug-likeness (QED) is 0.860. The Labute approximate surface area is 92.2 Å². The van der Waals surface area contributed by atoms with Gasteiger partial charge < -0.3 is 5.73 Å². The highest BCUT2D eigenvalue weighted by molar-refractivity contribution is 5.85. The normalized spacial score (nSPS) is 11.1. The van der Waals surface area contributed by atoms with E-state index in [9.17, 15) is 13.2 Å². The van der Waals surface area contributed by atoms with E-state index in [1.54, 1.807) is 0 Å². The molecule has 5 heteroatoms. The molecule has 0 aliphatic rings. The van der Waals surface area contributed by atoms with Gasteiger partial charge in [-0.1, -0.05) is 6.07 Å². The van der Waals surface area contributed by atoms with Gasteiger partial charge >= 0.3 is 0 Å². The van der Waals surface area contributed by atoms with Crippen LogP contribution in [0.15, 0.2) is 30.1 Å². The smallest absolute Gasteiger partial charge is 0.159 e. The minimum atomic E-state index is -0.933. The zero-order valence-corrected chi connectivity index (χ0v) is 8.66. The Morgan fingerprint density at radius 1 is 1.27 bits per heavy atom. The Kier molecular flexibility index (Phi) is 6.05. The molecule has 1 aromatic rings. The van der Waals surface area contributed by atoms with Crippen molar-refractivity contribution in [3.63, 3.8) is 0 Å². The minimum Gasteiger partial charge on any atom is -0.327 e. The average Bonchev–Trinajstić information content (AvgIpc) is 2.19. The Balaban J connectivity index is 0.00000196. The molecule has 1 rings (SSSR count). The molecule has 84 valence electrons. The van der Waals surface area contributed by atoms with Crippen LogP contribution in [0, 0.1) is 11.6 Å². The number of hydrogen-bond donors (Lipinski definition) is 1. The van der Waals surface area contributed by atoms with Gasteiger partial charge in [0, 0.05) is 6.54 Å². The van der Waals surface area contributed by atoms with Crippen molar-refractivity contribution >= 4 is 12.4 Å². The molecule has 0 aromatic heterocycles. The maximum absolute atomic E-state index is 12.7. The van der Waals surface area contributed by atoms with Crippen LogP contribution in [0.2, 0.25) is 0 Å². The molecule has 0 atom stereocenters. The second kappa shape index (κ2) is 6.48. The summed E-state index contributed by atoms with van der Waals surface area (Å²) in [4.78, 5) is 0. The molecule has 0 aliphatic heterocycles. The summed E-state index contributed by atoms with van der Waals surface area (Å²) in [5, 5.41) is 0. The molecule has 0 fully saturated rings. The molecule has 1 nitrogen and oxygen atoms in total. The van der Waals surface area contributed by atoms with Crippen LogP contribution in [0.5, 0.6) is 0 Å². The summed E-state index contributed by atoms with van der Waals surface area (Å²) in [5.74, 6) is -1.84. The molecule has 0 unspecified atom stereocenters. The van der Waals surface area contributed by atoms with Crippen molar-refractivity contribution in [3.05, 3.63) is 47.3 Å². The van der Waals surface area contributed by atoms with Gasteiger partial charge in [-0.25, -0.2) is 13.2 Å². The lowest BCUT2D eigenvalue weighted by molar-refractivity contribution is 0.507. The lowest BCUT2D eigenvalue weighted by Gasteiger charge is -2.03. The van der Waals surface area contributed by atoms with Gasteiger partial charge in [-0.2, -0.15) is 0 Å². The highest BCUT2D eigenvalue weighted by Crippen LogP contribution is 2.12. The lowest BCUT2D eigenvalue weighted by atomic mass is 10.1. The lowest BCUT2D eigenvalue weighted by Crippen LogP contribution is -2.05. The zero-order valence-electron chi connectivity index (χ0n) is 7.84. The predicted molar refractivity (Wildman–Crippen MR) is 55.6 cm³/mol. The molecular formula is C10H11ClF3N. The molecule has 0 radical (unpaired) electrons. The van der Waals surface area contributed by atoms with Gasteiger partial charge in [0.25, 0.3) is 0 Å². The predicted octanol–water partition coefficient (Wildman–Crippen LogP) is 2.74. The van der Waals surface area contributed by atoms with E-state index in [0.717, 1.165) is 12.1 Å². The molecule has 0 aliphatic carbocycles. The van der Waals surface area contributed by atoms with Gasteiger partial charge in [0.2, 0.25) is 0 Å². The fraction of sp³-hybridized carbons (Fsp3) is 0.200. The van der Waals surface area contributed by atoms with Gasteiger partial charge in [0.05, 0.1) is 6.33 Å². The summed E-state index contributed by atoms with van der Waals surface area (Å²) in [6, 6.07) is 3.45. The summed E-state index contributed by atoms with van der Waals surface area (Å²) in [6.07, 6.45) is 0.589. The van der Waals surface area contributed by atoms with Gasteiger partial charge in [-0.3, -0.25) is 0 Å². The summed E-state index contributed by atoms with van der Waals surface area (Å²) in [7, 11) is 0. The molecule has 0 saturated heterocycles. The molecule has 15 heavy (non-hydrogen) atoms. The third kappa shape index (κ3) is 3.93. The first-order chi connectivity index (χ1) is 6.67. The first-order valence-corrected chi connectivity index (χ1v) is 4.09. The Hall–Kier alpha value is -1.00. The van der Waals surface area contributed by atoms with Crippen molar-refractivity contribution in [2.45, 2.75) is 6.42 Å². The van der Waals surface area contributed by atoms with Crippen LogP contribution >= 0.6 is 12.4 Å². The fourth-order valence-electron chi connectivity index (χ4n) is 1.07. The molecule has 0 amide bonds. The number of rotatable bonds is 3. The van der Waals surface area contributed by atoms with E-state index in [-0.39, 0.29) is 25.4 Å². The van der Waals surface area contributed by atoms with Crippen LogP contribution in [-0.4, -0.2) is 6.54 Å². The molecule has 0 bridgehead atoms. The third-order valence-electron chi connectivity index (χ3n) is 1.83. The summed E-state index contributed by atoms with van der Waals surface area (Å²) < 4.78 is 37.3. The average molecular weight is 238 g/mol. The highest BCUT2D eigenvalue weighted by Gasteiger charge is 2.04. The number of nitrogens with two attached hydrogens (primary N) is 1. The van der Waals surface area contributed by atoms with Gasteiger partial charge in [-0.15, -0.1) is 12.4 Å². The Bertz CT molecular complexity index is 353. The summed E-state index contributed by atoms with van der Waals surface area (Å²) in [5.41, 5.74) is 6.06. The number of halogens is 4. The van der Waals surface area contributed by atoms with Crippen molar-refractivity contribution in [3.8, 4) is 0 Å². The van der Waals surface area contributed by atoms with Crippen molar-refractivity contribution < 1.29 is 13.2 Å². The van der Waals surface area contributed by atoms with Crippen LogP contribution < -0.4 is 5.73 Å². The largest absolute Gasteiger partial charge is 0.327 e. The summed E-state index contributed by atoms with van der Waals surface area (Å²) in [6.45, 7) is 0.0650. The monoisotopic (exact) mass is 237 g/mol. The first-order valence-electron chi connectivity index (χ1n) is 4.09. The van der Waals surface area contributed by atoms with Gasteiger partial charge in [0.1, 0.15) is 0 Å². The van der Waals surface area contributed by atoms with Crippen molar-refractivity contribution in [2.24, 2.45) is 5.73 Å². The van der Waals surface area contributed by atoms with E-state index in [1.165, 1.54) is 6.07 Å². The van der Waals surface area contributed by atoms with E-state index >= 15 is 0 Å². The maximum Gasteiger partial charge on any atom is 0.159 e. The van der Waals surface area contributed by atoms with Crippen LogP contribution in [0.4, 0.5) is 13.2 Å². The van der Waals surface area contributed by atoms with Crippen molar-refractivity contribution in [2.75, 3.05) is 6.54 Å². The second-order valence-corrected chi connectivity index (χ2v) is 2.90. The van der Waals surface area contributed by atoms with E-state index < -0.39 is 11.6 Å². The topological polar surface area (TPSA) is 26.0 Å². The van der Waals surface area contributed by atoms with Crippen LogP contribution in [-0.2, 0) is 6.42 Å². The van der Waals surface area contributed by atoms with Crippen LogP contribution in [0.25, 0.3) is 0 Å². The Morgan fingerprint density at radius 3 is 2.40 bits per heavy atom. The van der Waals surface area contributed by atoms with E-state index in [1.807, 2.05) is 0 Å². The minimum absolute atomic E-state index is 0. The van der Waals surface area contributed by atoms with E-state index in [0.29, 0.717) is 17.5 Å². The summed E-state index contributed by atoms with van der Waals surface area (Å²) >= 11 is 0. The maximum atomic E-state index is 12.7. The molecule has 0 saturated carbocycles. The number of benzene rings is 1. The number of hydrogen-bond acceptors (Lipinski definition) is 1.